The Morgan fingerprint density at radius 2 is 1.86 bits per heavy atom. The fraction of sp³-hybridized carbons (Fsp3) is 0.500. The van der Waals surface area contributed by atoms with Crippen molar-refractivity contribution in [3.63, 3.8) is 0 Å². The molecule has 0 bridgehead atoms. The second-order valence-corrected chi connectivity index (χ2v) is 8.48. The minimum atomic E-state index is -0.458. The molecule has 1 atom stereocenters. The van der Waals surface area contributed by atoms with Crippen LogP contribution in [-0.2, 0) is 21.5 Å². The van der Waals surface area contributed by atoms with E-state index in [1.54, 1.807) is 6.33 Å². The fourth-order valence-electron chi connectivity index (χ4n) is 4.24. The van der Waals surface area contributed by atoms with Gasteiger partial charge in [0.25, 0.3) is 0 Å². The Morgan fingerprint density at radius 1 is 1.18 bits per heavy atom. The van der Waals surface area contributed by atoms with Crippen LogP contribution in [0.2, 0.25) is 0 Å². The van der Waals surface area contributed by atoms with Gasteiger partial charge in [-0.05, 0) is 24.3 Å². The standard InChI is InChI=1S/C22H28N4O2/c1-16-4-6-17(7-5-16)22(14-21(22,2)3)20(27)23-13-18-12-19(25-15-24-18)26-8-10-28-11-9-26/h4-7,12,15H,8-11,13-14H2,1-3H3,(H,23,27)/t22-/m0/s1. The molecule has 1 saturated carbocycles. The van der Waals surface area contributed by atoms with Crippen LogP contribution in [0.4, 0.5) is 5.82 Å². The second kappa shape index (κ2) is 7.17. The maximum absolute atomic E-state index is 13.2. The second-order valence-electron chi connectivity index (χ2n) is 8.48. The van der Waals surface area contributed by atoms with Crippen LogP contribution in [-0.4, -0.2) is 42.2 Å². The van der Waals surface area contributed by atoms with Crippen LogP contribution in [0.3, 0.4) is 0 Å². The summed E-state index contributed by atoms with van der Waals surface area (Å²) in [4.78, 5) is 24.1. The molecule has 148 valence electrons. The molecule has 4 rings (SSSR count). The molecule has 6 nitrogen and oxygen atoms in total. The number of ether oxygens (including phenoxy) is 1. The van der Waals surface area contributed by atoms with Gasteiger partial charge in [-0.2, -0.15) is 0 Å². The zero-order chi connectivity index (χ0) is 19.8. The average molecular weight is 380 g/mol. The third-order valence-corrected chi connectivity index (χ3v) is 6.14. The Labute approximate surface area is 166 Å². The van der Waals surface area contributed by atoms with Crippen molar-refractivity contribution in [3.8, 4) is 0 Å². The maximum Gasteiger partial charge on any atom is 0.231 e. The smallest absolute Gasteiger partial charge is 0.231 e. The third-order valence-electron chi connectivity index (χ3n) is 6.14. The number of aryl methyl sites for hydroxylation is 1. The van der Waals surface area contributed by atoms with Crippen molar-refractivity contribution in [2.75, 3.05) is 31.2 Å². The van der Waals surface area contributed by atoms with E-state index in [9.17, 15) is 4.79 Å². The van der Waals surface area contributed by atoms with Crippen LogP contribution < -0.4 is 10.2 Å². The lowest BCUT2D eigenvalue weighted by Gasteiger charge is -2.27. The van der Waals surface area contributed by atoms with Gasteiger partial charge >= 0.3 is 0 Å². The minimum Gasteiger partial charge on any atom is -0.378 e. The predicted molar refractivity (Wildman–Crippen MR) is 108 cm³/mol. The first-order chi connectivity index (χ1) is 13.4. The molecular formula is C22H28N4O2. The Bertz CT molecular complexity index is 859. The topological polar surface area (TPSA) is 67.4 Å². The Kier molecular flexibility index (Phi) is 4.83. The first kappa shape index (κ1) is 18.9. The first-order valence-electron chi connectivity index (χ1n) is 9.91. The zero-order valence-corrected chi connectivity index (χ0v) is 16.9. The number of rotatable bonds is 5. The van der Waals surface area contributed by atoms with Gasteiger partial charge in [0.1, 0.15) is 12.1 Å². The summed E-state index contributed by atoms with van der Waals surface area (Å²) in [7, 11) is 0. The van der Waals surface area contributed by atoms with Gasteiger partial charge in [0.2, 0.25) is 5.91 Å². The van der Waals surface area contributed by atoms with Crippen molar-refractivity contribution in [2.45, 2.75) is 39.2 Å². The molecule has 1 aromatic carbocycles. The number of nitrogens with one attached hydrogen (secondary N) is 1. The van der Waals surface area contributed by atoms with Crippen LogP contribution in [0, 0.1) is 12.3 Å². The molecule has 28 heavy (non-hydrogen) atoms. The van der Waals surface area contributed by atoms with Gasteiger partial charge in [0.05, 0.1) is 30.9 Å². The number of hydrogen-bond acceptors (Lipinski definition) is 5. The normalized spacial score (nSPS) is 23.3. The highest BCUT2D eigenvalue weighted by atomic mass is 16.5. The molecule has 0 spiro atoms. The van der Waals surface area contributed by atoms with Crippen LogP contribution in [0.1, 0.15) is 37.1 Å². The number of hydrogen-bond donors (Lipinski definition) is 1. The van der Waals surface area contributed by atoms with Crippen molar-refractivity contribution < 1.29 is 9.53 Å². The van der Waals surface area contributed by atoms with Gasteiger partial charge in [0.15, 0.2) is 0 Å². The zero-order valence-electron chi connectivity index (χ0n) is 16.9. The van der Waals surface area contributed by atoms with E-state index in [-0.39, 0.29) is 11.3 Å². The van der Waals surface area contributed by atoms with Crippen molar-refractivity contribution in [1.82, 2.24) is 15.3 Å². The van der Waals surface area contributed by atoms with Crippen molar-refractivity contribution >= 4 is 11.7 Å². The summed E-state index contributed by atoms with van der Waals surface area (Å²) in [5, 5.41) is 3.13. The summed E-state index contributed by atoms with van der Waals surface area (Å²) in [6.45, 7) is 9.87. The van der Waals surface area contributed by atoms with Crippen LogP contribution in [0.25, 0.3) is 0 Å². The summed E-state index contributed by atoms with van der Waals surface area (Å²) in [5.74, 6) is 0.968. The maximum atomic E-state index is 13.2. The van der Waals surface area contributed by atoms with Crippen molar-refractivity contribution in [1.29, 1.82) is 0 Å². The molecule has 2 aliphatic rings. The molecule has 2 aromatic rings. The highest BCUT2D eigenvalue weighted by molar-refractivity contribution is 5.93. The summed E-state index contributed by atoms with van der Waals surface area (Å²) in [6, 6.07) is 10.3. The number of nitrogens with zero attached hydrogens (tertiary/aromatic N) is 3. The van der Waals surface area contributed by atoms with Crippen molar-refractivity contribution in [2.24, 2.45) is 5.41 Å². The Balaban J connectivity index is 1.47. The Hall–Kier alpha value is -2.47. The number of amides is 1. The molecule has 1 saturated heterocycles. The molecule has 1 N–H and O–H groups in total. The number of aromatic nitrogens is 2. The van der Waals surface area contributed by atoms with Crippen LogP contribution >= 0.6 is 0 Å². The quantitative estimate of drug-likeness (QED) is 0.864. The molecule has 1 aliphatic heterocycles. The SMILES string of the molecule is Cc1ccc([C@]2(C(=O)NCc3cc(N4CCOCC4)ncn3)CC2(C)C)cc1. The minimum absolute atomic E-state index is 0.0447. The van der Waals surface area contributed by atoms with E-state index in [2.05, 4.69) is 65.2 Å². The van der Waals surface area contributed by atoms with E-state index >= 15 is 0 Å². The van der Waals surface area contributed by atoms with Gasteiger partial charge in [-0.25, -0.2) is 9.97 Å². The summed E-state index contributed by atoms with van der Waals surface area (Å²) < 4.78 is 5.40. The third kappa shape index (κ3) is 3.37. The highest BCUT2D eigenvalue weighted by Crippen LogP contribution is 2.64. The van der Waals surface area contributed by atoms with Crippen LogP contribution in [0.15, 0.2) is 36.7 Å². The number of morpholine rings is 1. The molecule has 2 fully saturated rings. The van der Waals surface area contributed by atoms with E-state index in [4.69, 9.17) is 4.74 Å². The molecule has 0 radical (unpaired) electrons. The van der Waals surface area contributed by atoms with Gasteiger partial charge in [-0.1, -0.05) is 43.7 Å². The lowest BCUT2D eigenvalue weighted by Crippen LogP contribution is -2.38. The van der Waals surface area contributed by atoms with E-state index in [1.165, 1.54) is 5.56 Å². The number of anilines is 1. The fourth-order valence-corrected chi connectivity index (χ4v) is 4.24. The van der Waals surface area contributed by atoms with E-state index in [0.717, 1.165) is 36.6 Å². The van der Waals surface area contributed by atoms with Crippen LogP contribution in [0.5, 0.6) is 0 Å². The van der Waals surface area contributed by atoms with Gasteiger partial charge in [-0.15, -0.1) is 0 Å². The Morgan fingerprint density at radius 3 is 2.50 bits per heavy atom. The summed E-state index contributed by atoms with van der Waals surface area (Å²) in [5.41, 5.74) is 2.62. The van der Waals surface area contributed by atoms with E-state index in [1.807, 2.05) is 6.07 Å². The summed E-state index contributed by atoms with van der Waals surface area (Å²) >= 11 is 0. The lowest BCUT2D eigenvalue weighted by atomic mass is 9.86. The predicted octanol–water partition coefficient (Wildman–Crippen LogP) is 2.61. The monoisotopic (exact) mass is 380 g/mol. The summed E-state index contributed by atoms with van der Waals surface area (Å²) in [6.07, 6.45) is 2.43. The molecule has 1 aromatic heterocycles. The molecule has 0 unspecified atom stereocenters. The first-order valence-corrected chi connectivity index (χ1v) is 9.91. The molecule has 1 aliphatic carbocycles. The van der Waals surface area contributed by atoms with Gasteiger partial charge < -0.3 is 15.0 Å². The molecular weight excluding hydrogens is 352 g/mol. The number of carbonyl (C=O) groups excluding carboxylic acids is 1. The van der Waals surface area contributed by atoms with Gasteiger partial charge in [-0.3, -0.25) is 4.79 Å². The van der Waals surface area contributed by atoms with Gasteiger partial charge in [0, 0.05) is 19.2 Å². The lowest BCUT2D eigenvalue weighted by molar-refractivity contribution is -0.124. The number of carbonyl (C=O) groups is 1. The van der Waals surface area contributed by atoms with E-state index < -0.39 is 5.41 Å². The molecule has 1 amide bonds. The molecule has 2 heterocycles. The molecule has 6 heteroatoms. The van der Waals surface area contributed by atoms with E-state index in [0.29, 0.717) is 19.8 Å². The number of benzene rings is 1. The highest BCUT2D eigenvalue weighted by Gasteiger charge is 2.66. The van der Waals surface area contributed by atoms with Crippen molar-refractivity contribution in [3.05, 3.63) is 53.5 Å². The average Bonchev–Trinajstić information content (AvgIpc) is 3.31. The largest absolute Gasteiger partial charge is 0.378 e.